The molecule has 0 saturated carbocycles. The number of rotatable bonds is 7. The number of carbonyl (C=O) groups excluding carboxylic acids is 2. The summed E-state index contributed by atoms with van der Waals surface area (Å²) in [6, 6.07) is 17.3. The molecule has 1 aliphatic rings. The van der Waals surface area contributed by atoms with E-state index in [-0.39, 0.29) is 17.9 Å². The Labute approximate surface area is 175 Å². The molecule has 1 heterocycles. The first-order valence-electron chi connectivity index (χ1n) is 9.75. The molecule has 1 atom stereocenters. The van der Waals surface area contributed by atoms with Crippen LogP contribution in [-0.2, 0) is 16.0 Å². The summed E-state index contributed by atoms with van der Waals surface area (Å²) in [5.74, 6) is 1.04. The van der Waals surface area contributed by atoms with Gasteiger partial charge >= 0.3 is 0 Å². The van der Waals surface area contributed by atoms with E-state index in [1.165, 1.54) is 17.3 Å². The predicted octanol–water partition coefficient (Wildman–Crippen LogP) is 4.37. The molecule has 29 heavy (non-hydrogen) atoms. The van der Waals surface area contributed by atoms with Gasteiger partial charge in [0.15, 0.2) is 0 Å². The first-order valence-corrected chi connectivity index (χ1v) is 10.7. The summed E-state index contributed by atoms with van der Waals surface area (Å²) in [5.41, 5.74) is 2.37. The Bertz CT molecular complexity index is 896. The maximum Gasteiger partial charge on any atom is 0.265 e. The van der Waals surface area contributed by atoms with Gasteiger partial charge in [-0.1, -0.05) is 36.4 Å². The summed E-state index contributed by atoms with van der Waals surface area (Å²) in [6.07, 6.45) is 1.77. The molecule has 2 aromatic rings. The fourth-order valence-corrected chi connectivity index (χ4v) is 3.88. The molecule has 2 N–H and O–H groups in total. The molecule has 2 amide bonds. The van der Waals surface area contributed by atoms with Crippen LogP contribution >= 0.6 is 11.8 Å². The number of aryl methyl sites for hydroxylation is 1. The largest absolute Gasteiger partial charge is 0.496 e. The molecule has 2 aromatic carbocycles. The van der Waals surface area contributed by atoms with Crippen LogP contribution in [0.25, 0.3) is 0 Å². The molecular weight excluding hydrogens is 384 g/mol. The van der Waals surface area contributed by atoms with Crippen molar-refractivity contribution in [2.75, 3.05) is 17.7 Å². The first-order chi connectivity index (χ1) is 14.0. The van der Waals surface area contributed by atoms with Gasteiger partial charge in [0.05, 0.1) is 6.61 Å². The number of hydrogen-bond acceptors (Lipinski definition) is 4. The normalized spacial score (nSPS) is 14.7. The molecule has 0 radical (unpaired) electrons. The lowest BCUT2D eigenvalue weighted by molar-refractivity contribution is -0.112. The summed E-state index contributed by atoms with van der Waals surface area (Å²) >= 11 is 1.48. The van der Waals surface area contributed by atoms with Crippen molar-refractivity contribution in [3.05, 3.63) is 76.4 Å². The van der Waals surface area contributed by atoms with Crippen LogP contribution in [0.3, 0.4) is 0 Å². The molecule has 3 rings (SSSR count). The number of nitrogens with one attached hydrogen (secondary N) is 2. The van der Waals surface area contributed by atoms with E-state index in [4.69, 9.17) is 4.74 Å². The van der Waals surface area contributed by atoms with Crippen molar-refractivity contribution in [3.63, 3.8) is 0 Å². The highest BCUT2D eigenvalue weighted by Gasteiger charge is 2.19. The molecule has 0 fully saturated rings. The second kappa shape index (κ2) is 10.2. The van der Waals surface area contributed by atoms with E-state index in [1.54, 1.807) is 31.2 Å². The van der Waals surface area contributed by atoms with Crippen LogP contribution in [0.2, 0.25) is 0 Å². The van der Waals surface area contributed by atoms with Crippen molar-refractivity contribution in [2.24, 2.45) is 0 Å². The molecule has 5 nitrogen and oxygen atoms in total. The van der Waals surface area contributed by atoms with Crippen molar-refractivity contribution in [2.45, 2.75) is 32.7 Å². The number of thioether (sulfide) groups is 1. The summed E-state index contributed by atoms with van der Waals surface area (Å²) in [7, 11) is 0. The van der Waals surface area contributed by atoms with Gasteiger partial charge in [0.1, 0.15) is 10.7 Å². The molecule has 6 heteroatoms. The molecule has 1 aliphatic heterocycles. The molecule has 0 unspecified atom stereocenters. The first kappa shape index (κ1) is 21.0. The number of anilines is 1. The van der Waals surface area contributed by atoms with E-state index in [1.807, 2.05) is 25.1 Å². The Morgan fingerprint density at radius 3 is 2.66 bits per heavy atom. The molecule has 0 saturated heterocycles. The highest BCUT2D eigenvalue weighted by atomic mass is 32.2. The van der Waals surface area contributed by atoms with Gasteiger partial charge in [0, 0.05) is 23.0 Å². The van der Waals surface area contributed by atoms with E-state index in [2.05, 4.69) is 22.8 Å². The Balaban J connectivity index is 1.56. The average molecular weight is 411 g/mol. The Morgan fingerprint density at radius 2 is 1.90 bits per heavy atom. The van der Waals surface area contributed by atoms with Crippen LogP contribution in [-0.4, -0.2) is 30.2 Å². The van der Waals surface area contributed by atoms with E-state index < -0.39 is 0 Å². The summed E-state index contributed by atoms with van der Waals surface area (Å²) in [5, 5.41) is 5.89. The fraction of sp³-hybridized carbons (Fsp3) is 0.304. The Morgan fingerprint density at radius 1 is 1.10 bits per heavy atom. The van der Waals surface area contributed by atoms with Crippen LogP contribution in [0, 0.1) is 0 Å². The highest BCUT2D eigenvalue weighted by molar-refractivity contribution is 8.04. The minimum atomic E-state index is -0.207. The van der Waals surface area contributed by atoms with E-state index >= 15 is 0 Å². The van der Waals surface area contributed by atoms with Gasteiger partial charge in [-0.3, -0.25) is 9.59 Å². The van der Waals surface area contributed by atoms with Crippen LogP contribution in [0.5, 0.6) is 0 Å². The second-order valence-corrected chi connectivity index (χ2v) is 8.12. The van der Waals surface area contributed by atoms with Gasteiger partial charge in [-0.25, -0.2) is 0 Å². The van der Waals surface area contributed by atoms with Crippen molar-refractivity contribution in [1.29, 1.82) is 0 Å². The van der Waals surface area contributed by atoms with E-state index in [9.17, 15) is 9.59 Å². The number of ether oxygens (including phenoxy) is 1. The molecule has 152 valence electrons. The third-order valence-corrected chi connectivity index (χ3v) is 5.78. The summed E-state index contributed by atoms with van der Waals surface area (Å²) < 4.78 is 5.44. The molecule has 0 spiro atoms. The molecular formula is C23H26N2O3S. The van der Waals surface area contributed by atoms with Crippen molar-refractivity contribution >= 4 is 29.3 Å². The molecule has 0 aromatic heterocycles. The number of amides is 2. The summed E-state index contributed by atoms with van der Waals surface area (Å²) in [4.78, 5) is 25.7. The lowest BCUT2D eigenvalue weighted by Gasteiger charge is -2.18. The minimum absolute atomic E-state index is 0.0459. The third-order valence-electron chi connectivity index (χ3n) is 4.64. The summed E-state index contributed by atoms with van der Waals surface area (Å²) in [6.45, 7) is 4.41. The van der Waals surface area contributed by atoms with E-state index in [0.717, 1.165) is 18.6 Å². The predicted molar refractivity (Wildman–Crippen MR) is 118 cm³/mol. The van der Waals surface area contributed by atoms with Crippen LogP contribution < -0.4 is 10.6 Å². The highest BCUT2D eigenvalue weighted by Crippen LogP contribution is 2.26. The lowest BCUT2D eigenvalue weighted by atomic mass is 10.1. The van der Waals surface area contributed by atoms with Crippen molar-refractivity contribution in [1.82, 2.24) is 5.32 Å². The number of carbonyl (C=O) groups is 2. The van der Waals surface area contributed by atoms with Crippen molar-refractivity contribution < 1.29 is 14.3 Å². The van der Waals surface area contributed by atoms with Gasteiger partial charge in [-0.15, -0.1) is 11.8 Å². The van der Waals surface area contributed by atoms with Crippen LogP contribution in [0.1, 0.15) is 36.2 Å². The van der Waals surface area contributed by atoms with Gasteiger partial charge in [0.2, 0.25) is 0 Å². The number of benzene rings is 2. The van der Waals surface area contributed by atoms with Gasteiger partial charge in [0.25, 0.3) is 11.8 Å². The average Bonchev–Trinajstić information content (AvgIpc) is 2.73. The zero-order valence-corrected chi connectivity index (χ0v) is 17.6. The van der Waals surface area contributed by atoms with Crippen LogP contribution in [0.15, 0.2) is 65.3 Å². The quantitative estimate of drug-likeness (QED) is 0.711. The van der Waals surface area contributed by atoms with Gasteiger partial charge in [-0.05, 0) is 50.5 Å². The van der Waals surface area contributed by atoms with E-state index in [0.29, 0.717) is 28.5 Å². The maximum absolute atomic E-state index is 12.6. The molecule has 0 aliphatic carbocycles. The lowest BCUT2D eigenvalue weighted by Crippen LogP contribution is -2.33. The number of allylic oxidation sites excluding steroid dienone is 1. The third kappa shape index (κ3) is 6.12. The Kier molecular flexibility index (Phi) is 7.36. The van der Waals surface area contributed by atoms with Crippen molar-refractivity contribution in [3.8, 4) is 0 Å². The topological polar surface area (TPSA) is 67.4 Å². The van der Waals surface area contributed by atoms with Gasteiger partial charge < -0.3 is 15.4 Å². The smallest absolute Gasteiger partial charge is 0.265 e. The fourth-order valence-electron chi connectivity index (χ4n) is 3.06. The zero-order chi connectivity index (χ0) is 20.6. The maximum atomic E-state index is 12.6. The second-order valence-electron chi connectivity index (χ2n) is 7.02. The van der Waals surface area contributed by atoms with Crippen LogP contribution in [0.4, 0.5) is 5.69 Å². The minimum Gasteiger partial charge on any atom is -0.496 e. The monoisotopic (exact) mass is 410 g/mol. The van der Waals surface area contributed by atoms with Gasteiger partial charge in [-0.2, -0.15) is 0 Å². The Hall–Kier alpha value is -2.73. The standard InChI is InChI=1S/C23H26N2O3S/c1-16(11-12-18-7-4-3-5-8-18)24-22(26)19-9-6-10-20(15-19)25-23(27)21-17(2)28-13-14-29-21/h3-10,15-16H,11-14H2,1-2H3,(H,24,26)(H,25,27)/t16-/m1/s1. The molecule has 0 bridgehead atoms. The SMILES string of the molecule is CC1=C(C(=O)Nc2cccc(C(=O)N[C@H](C)CCc3ccccc3)c2)SCCO1. The number of hydrogen-bond donors (Lipinski definition) is 2. The zero-order valence-electron chi connectivity index (χ0n) is 16.7.